The number of fused-ring (bicyclic) bond motifs is 2. The predicted molar refractivity (Wildman–Crippen MR) is 129 cm³/mol. The molecule has 0 aliphatic carbocycles. The van der Waals surface area contributed by atoms with Gasteiger partial charge in [-0.05, 0) is 35.0 Å². The van der Waals surface area contributed by atoms with Gasteiger partial charge >= 0.3 is 6.61 Å². The van der Waals surface area contributed by atoms with Gasteiger partial charge in [-0.1, -0.05) is 0 Å². The number of amides is 2. The van der Waals surface area contributed by atoms with Crippen molar-refractivity contribution in [1.82, 2.24) is 29.3 Å². The largest absolute Gasteiger partial charge is 0.434 e. The Hall–Kier alpha value is -4.39. The Morgan fingerprint density at radius 2 is 2.11 bits per heavy atom. The molecule has 5 aromatic rings. The molecule has 0 unspecified atom stereocenters. The number of nitrogens with one attached hydrogen (secondary N) is 1. The Balaban J connectivity index is 1.60. The SMILES string of the molecule is CN(C)C(=O)Cn1cc(NC(=O)c2cnn3cccnc23)c(-c2cc3sccc3cc2OC(F)F)n1. The highest BCUT2D eigenvalue weighted by Crippen LogP contribution is 2.39. The lowest BCUT2D eigenvalue weighted by Gasteiger charge is -2.12. The van der Waals surface area contributed by atoms with E-state index in [-0.39, 0.29) is 40.7 Å². The van der Waals surface area contributed by atoms with Gasteiger partial charge in [0.05, 0.1) is 11.9 Å². The topological polar surface area (TPSA) is 107 Å². The third kappa shape index (κ3) is 4.47. The summed E-state index contributed by atoms with van der Waals surface area (Å²) >= 11 is 1.42. The zero-order valence-corrected chi connectivity index (χ0v) is 19.9. The molecule has 0 aliphatic heterocycles. The van der Waals surface area contributed by atoms with Crippen LogP contribution in [0.15, 0.2) is 54.4 Å². The third-order valence-electron chi connectivity index (χ3n) is 5.36. The molecule has 1 N–H and O–H groups in total. The van der Waals surface area contributed by atoms with Gasteiger partial charge in [0.1, 0.15) is 23.6 Å². The summed E-state index contributed by atoms with van der Waals surface area (Å²) in [6.07, 6.45) is 6.03. The van der Waals surface area contributed by atoms with Crippen molar-refractivity contribution in [1.29, 1.82) is 0 Å². The number of hydrogen-bond donors (Lipinski definition) is 1. The van der Waals surface area contributed by atoms with Gasteiger partial charge in [0.25, 0.3) is 5.91 Å². The van der Waals surface area contributed by atoms with E-state index in [1.54, 1.807) is 38.5 Å². The second-order valence-electron chi connectivity index (χ2n) is 7.96. The number of carbonyl (C=O) groups is 2. The summed E-state index contributed by atoms with van der Waals surface area (Å²) in [7, 11) is 3.21. The lowest BCUT2D eigenvalue weighted by atomic mass is 10.1. The molecule has 5 rings (SSSR count). The standard InChI is InChI=1S/C23H19F2N7O3S/c1-30(2)19(33)12-31-11-16(28-22(34)15-10-27-32-6-3-5-26-21(15)32)20(29-31)14-9-18-13(4-7-36-18)8-17(14)35-23(24)25/h3-11,23H,12H2,1-2H3,(H,28,34). The summed E-state index contributed by atoms with van der Waals surface area (Å²) < 4.78 is 35.0. The molecule has 0 spiro atoms. The summed E-state index contributed by atoms with van der Waals surface area (Å²) in [5.74, 6) is -0.878. The molecule has 2 amide bonds. The first-order valence-electron chi connectivity index (χ1n) is 10.6. The van der Waals surface area contributed by atoms with Crippen LogP contribution in [-0.4, -0.2) is 61.8 Å². The summed E-state index contributed by atoms with van der Waals surface area (Å²) in [6, 6.07) is 6.64. The van der Waals surface area contributed by atoms with E-state index in [1.165, 1.54) is 50.1 Å². The Morgan fingerprint density at radius 3 is 2.89 bits per heavy atom. The normalized spacial score (nSPS) is 11.4. The van der Waals surface area contributed by atoms with Crippen LogP contribution in [0.1, 0.15) is 10.4 Å². The zero-order valence-electron chi connectivity index (χ0n) is 19.1. The van der Waals surface area contributed by atoms with E-state index in [0.717, 1.165) is 10.1 Å². The molecule has 13 heteroatoms. The number of thiophene rings is 1. The van der Waals surface area contributed by atoms with Crippen LogP contribution in [0.4, 0.5) is 14.5 Å². The van der Waals surface area contributed by atoms with E-state index >= 15 is 0 Å². The van der Waals surface area contributed by atoms with Gasteiger partial charge in [0, 0.05) is 42.9 Å². The highest BCUT2D eigenvalue weighted by atomic mass is 32.1. The highest BCUT2D eigenvalue weighted by Gasteiger charge is 2.23. The van der Waals surface area contributed by atoms with Crippen molar-refractivity contribution < 1.29 is 23.1 Å². The van der Waals surface area contributed by atoms with Crippen LogP contribution >= 0.6 is 11.3 Å². The van der Waals surface area contributed by atoms with E-state index in [1.807, 2.05) is 5.38 Å². The van der Waals surface area contributed by atoms with Crippen molar-refractivity contribution in [2.24, 2.45) is 0 Å². The predicted octanol–water partition coefficient (Wildman–Crippen LogP) is 3.75. The van der Waals surface area contributed by atoms with Crippen molar-refractivity contribution in [3.8, 4) is 17.0 Å². The molecule has 0 aliphatic rings. The van der Waals surface area contributed by atoms with Crippen LogP contribution in [0.3, 0.4) is 0 Å². The summed E-state index contributed by atoms with van der Waals surface area (Å²) in [5, 5.41) is 13.9. The number of aromatic nitrogens is 5. The molecule has 0 radical (unpaired) electrons. The number of alkyl halides is 2. The average Bonchev–Trinajstić information content (AvgIpc) is 3.56. The molecule has 1 aromatic carbocycles. The average molecular weight is 512 g/mol. The fraction of sp³-hybridized carbons (Fsp3) is 0.174. The van der Waals surface area contributed by atoms with Gasteiger partial charge in [0.2, 0.25) is 5.91 Å². The maximum absolute atomic E-state index is 13.3. The quantitative estimate of drug-likeness (QED) is 0.357. The summed E-state index contributed by atoms with van der Waals surface area (Å²) in [4.78, 5) is 31.1. The Morgan fingerprint density at radius 1 is 1.28 bits per heavy atom. The lowest BCUT2D eigenvalue weighted by Crippen LogP contribution is -2.26. The zero-order chi connectivity index (χ0) is 25.4. The second kappa shape index (κ2) is 9.34. The molecule has 0 bridgehead atoms. The fourth-order valence-corrected chi connectivity index (χ4v) is 4.43. The minimum Gasteiger partial charge on any atom is -0.434 e. The van der Waals surface area contributed by atoms with E-state index in [4.69, 9.17) is 4.74 Å². The number of hydrogen-bond acceptors (Lipinski definition) is 7. The van der Waals surface area contributed by atoms with Gasteiger partial charge in [-0.25, -0.2) is 9.50 Å². The molecule has 10 nitrogen and oxygen atoms in total. The molecular formula is C23H19F2N7O3S. The van der Waals surface area contributed by atoms with Crippen LogP contribution in [0.5, 0.6) is 5.75 Å². The first kappa shape index (κ1) is 23.4. The molecule has 36 heavy (non-hydrogen) atoms. The molecule has 4 aromatic heterocycles. The molecule has 0 atom stereocenters. The Kier molecular flexibility index (Phi) is 6.06. The lowest BCUT2D eigenvalue weighted by molar-refractivity contribution is -0.129. The van der Waals surface area contributed by atoms with Gasteiger partial charge in [-0.2, -0.15) is 19.0 Å². The van der Waals surface area contributed by atoms with Gasteiger partial charge in [0.15, 0.2) is 5.65 Å². The van der Waals surface area contributed by atoms with Crippen LogP contribution in [0.25, 0.3) is 27.0 Å². The maximum atomic E-state index is 13.3. The summed E-state index contributed by atoms with van der Waals surface area (Å²) in [5.41, 5.74) is 1.17. The number of benzene rings is 1. The molecule has 0 fully saturated rings. The van der Waals surface area contributed by atoms with Crippen LogP contribution < -0.4 is 10.1 Å². The second-order valence-corrected chi connectivity index (χ2v) is 8.91. The number of rotatable bonds is 7. The van der Waals surface area contributed by atoms with Crippen LogP contribution in [0, 0.1) is 0 Å². The number of ether oxygens (including phenoxy) is 1. The van der Waals surface area contributed by atoms with Crippen LogP contribution in [0.2, 0.25) is 0 Å². The van der Waals surface area contributed by atoms with E-state index in [9.17, 15) is 18.4 Å². The molecule has 0 saturated heterocycles. The van der Waals surface area contributed by atoms with Gasteiger partial charge in [-0.3, -0.25) is 14.3 Å². The van der Waals surface area contributed by atoms with Crippen molar-refractivity contribution in [2.75, 3.05) is 19.4 Å². The third-order valence-corrected chi connectivity index (χ3v) is 6.24. The molecule has 4 heterocycles. The number of anilines is 1. The van der Waals surface area contributed by atoms with Crippen molar-refractivity contribution >= 4 is 44.6 Å². The smallest absolute Gasteiger partial charge is 0.387 e. The van der Waals surface area contributed by atoms with Crippen LogP contribution in [-0.2, 0) is 11.3 Å². The van der Waals surface area contributed by atoms with Crippen molar-refractivity contribution in [3.63, 3.8) is 0 Å². The van der Waals surface area contributed by atoms with E-state index < -0.39 is 12.5 Å². The van der Waals surface area contributed by atoms with Crippen molar-refractivity contribution in [3.05, 3.63) is 60.0 Å². The first-order chi connectivity index (χ1) is 17.3. The Bertz CT molecular complexity index is 1590. The molecule has 184 valence electrons. The van der Waals surface area contributed by atoms with Gasteiger partial charge in [-0.15, -0.1) is 11.3 Å². The number of likely N-dealkylation sites (N-methyl/N-ethyl adjacent to an activating group) is 1. The first-order valence-corrected chi connectivity index (χ1v) is 11.5. The van der Waals surface area contributed by atoms with Gasteiger partial charge < -0.3 is 15.0 Å². The minimum absolute atomic E-state index is 0.103. The maximum Gasteiger partial charge on any atom is 0.387 e. The summed E-state index contributed by atoms with van der Waals surface area (Å²) in [6.45, 7) is -3.19. The molecule has 0 saturated carbocycles. The monoisotopic (exact) mass is 511 g/mol. The van der Waals surface area contributed by atoms with E-state index in [0.29, 0.717) is 5.65 Å². The minimum atomic E-state index is -3.07. The number of halogens is 2. The number of carbonyl (C=O) groups excluding carboxylic acids is 2. The van der Waals surface area contributed by atoms with Crippen molar-refractivity contribution in [2.45, 2.75) is 13.2 Å². The highest BCUT2D eigenvalue weighted by molar-refractivity contribution is 7.17. The van der Waals surface area contributed by atoms with E-state index in [2.05, 4.69) is 20.5 Å². The fourth-order valence-electron chi connectivity index (χ4n) is 3.62. The molecular weight excluding hydrogens is 492 g/mol. The number of nitrogens with zero attached hydrogens (tertiary/aromatic N) is 6. The Labute approximate surface area is 206 Å².